The van der Waals surface area contributed by atoms with Crippen molar-refractivity contribution in [2.75, 3.05) is 0 Å². The Kier molecular flexibility index (Phi) is 5.00. The molecule has 5 aromatic carbocycles. The van der Waals surface area contributed by atoms with E-state index in [0.29, 0.717) is 0 Å². The van der Waals surface area contributed by atoms with Crippen molar-refractivity contribution in [3.63, 3.8) is 0 Å². The summed E-state index contributed by atoms with van der Waals surface area (Å²) in [6, 6.07) is 46.6. The lowest BCUT2D eigenvalue weighted by Gasteiger charge is -2.34. The van der Waals surface area contributed by atoms with Crippen LogP contribution >= 0.6 is 0 Å². The molecule has 0 atom stereocenters. The van der Waals surface area contributed by atoms with Crippen LogP contribution in [0, 0.1) is 0 Å². The van der Waals surface area contributed by atoms with Crippen LogP contribution < -0.4 is 0 Å². The maximum atomic E-state index is 3.93. The van der Waals surface area contributed by atoms with E-state index in [1.165, 1.54) is 50.1 Å². The van der Waals surface area contributed by atoms with E-state index in [-0.39, 0.29) is 5.41 Å². The van der Waals surface area contributed by atoms with E-state index in [1.54, 1.807) is 0 Å². The molecule has 0 heterocycles. The highest BCUT2D eigenvalue weighted by Gasteiger charge is 2.46. The molecular formula is C34H26. The minimum absolute atomic E-state index is 0.358. The lowest BCUT2D eigenvalue weighted by molar-refractivity contribution is 0.768. The summed E-state index contributed by atoms with van der Waals surface area (Å²) in [4.78, 5) is 0. The van der Waals surface area contributed by atoms with Gasteiger partial charge in [-0.1, -0.05) is 133 Å². The number of hydrogen-bond acceptors (Lipinski definition) is 0. The summed E-state index contributed by atoms with van der Waals surface area (Å²) in [6.07, 6.45) is 2.84. The molecule has 0 heteroatoms. The largest absolute Gasteiger partial charge is 0.103 e. The van der Waals surface area contributed by atoms with Crippen molar-refractivity contribution >= 4 is 0 Å². The molecule has 1 aliphatic rings. The number of rotatable bonds is 5. The minimum Gasteiger partial charge on any atom is -0.103 e. The molecule has 0 nitrogen and oxygen atoms in total. The zero-order chi connectivity index (χ0) is 23.0. The monoisotopic (exact) mass is 434 g/mol. The first kappa shape index (κ1) is 20.4. The fourth-order valence-electron chi connectivity index (χ4n) is 5.77. The molecule has 162 valence electrons. The predicted molar refractivity (Wildman–Crippen MR) is 143 cm³/mol. The van der Waals surface area contributed by atoms with Crippen molar-refractivity contribution in [1.29, 1.82) is 0 Å². The van der Waals surface area contributed by atoms with E-state index in [2.05, 4.69) is 134 Å². The maximum absolute atomic E-state index is 3.93. The summed E-state index contributed by atoms with van der Waals surface area (Å²) in [7, 11) is 0. The summed E-state index contributed by atoms with van der Waals surface area (Å²) >= 11 is 0. The van der Waals surface area contributed by atoms with Crippen molar-refractivity contribution in [3.05, 3.63) is 168 Å². The first-order chi connectivity index (χ1) is 16.8. The van der Waals surface area contributed by atoms with Crippen LogP contribution in [0.2, 0.25) is 0 Å². The van der Waals surface area contributed by atoms with Gasteiger partial charge >= 0.3 is 0 Å². The van der Waals surface area contributed by atoms with Crippen LogP contribution in [-0.2, 0) is 11.8 Å². The van der Waals surface area contributed by atoms with Gasteiger partial charge in [-0.15, -0.1) is 6.58 Å². The molecule has 1 aliphatic carbocycles. The zero-order valence-electron chi connectivity index (χ0n) is 19.1. The van der Waals surface area contributed by atoms with Crippen LogP contribution in [0.25, 0.3) is 22.3 Å². The normalized spacial score (nSPS) is 13.2. The van der Waals surface area contributed by atoms with Crippen LogP contribution in [0.3, 0.4) is 0 Å². The third-order valence-electron chi connectivity index (χ3n) is 7.10. The molecule has 0 unspecified atom stereocenters. The maximum Gasteiger partial charge on any atom is 0.0713 e. The predicted octanol–water partition coefficient (Wildman–Crippen LogP) is 8.45. The van der Waals surface area contributed by atoms with E-state index in [9.17, 15) is 0 Å². The van der Waals surface area contributed by atoms with Gasteiger partial charge in [-0.05, 0) is 56.5 Å². The SMILES string of the molecule is C=CCc1cccc(-c2cccc3c2-c2ccccc2C3(c2ccccc2)c2ccccc2)c1. The molecule has 0 amide bonds. The van der Waals surface area contributed by atoms with Gasteiger partial charge in [0.25, 0.3) is 0 Å². The van der Waals surface area contributed by atoms with Gasteiger partial charge in [0.1, 0.15) is 0 Å². The molecule has 0 bridgehead atoms. The van der Waals surface area contributed by atoms with Gasteiger partial charge in [0.2, 0.25) is 0 Å². The lowest BCUT2D eigenvalue weighted by Crippen LogP contribution is -2.28. The van der Waals surface area contributed by atoms with E-state index in [1.807, 2.05) is 6.08 Å². The Morgan fingerprint density at radius 1 is 0.559 bits per heavy atom. The van der Waals surface area contributed by atoms with E-state index in [0.717, 1.165) is 6.42 Å². The van der Waals surface area contributed by atoms with E-state index < -0.39 is 0 Å². The van der Waals surface area contributed by atoms with Gasteiger partial charge in [0, 0.05) is 0 Å². The highest BCUT2D eigenvalue weighted by molar-refractivity contribution is 5.95. The summed E-state index contributed by atoms with van der Waals surface area (Å²) in [6.45, 7) is 3.93. The molecule has 0 saturated heterocycles. The van der Waals surface area contributed by atoms with E-state index in [4.69, 9.17) is 0 Å². The fraction of sp³-hybridized carbons (Fsp3) is 0.0588. The van der Waals surface area contributed by atoms with Crippen LogP contribution in [0.5, 0.6) is 0 Å². The zero-order valence-corrected chi connectivity index (χ0v) is 19.1. The van der Waals surface area contributed by atoms with E-state index >= 15 is 0 Å². The van der Waals surface area contributed by atoms with Gasteiger partial charge in [0.05, 0.1) is 5.41 Å². The Labute approximate surface area is 201 Å². The van der Waals surface area contributed by atoms with Crippen molar-refractivity contribution in [3.8, 4) is 22.3 Å². The average molecular weight is 435 g/mol. The molecule has 0 saturated carbocycles. The Morgan fingerprint density at radius 3 is 1.85 bits per heavy atom. The standard InChI is InChI=1S/C34H26/c1-2-13-25-14-11-15-26(24-25)29-21-12-23-32-33(29)30-20-9-10-22-31(30)34(32,27-16-5-3-6-17-27)28-18-7-4-8-19-28/h2-12,14-24H,1,13H2. The second-order valence-corrected chi connectivity index (χ2v) is 8.95. The van der Waals surface area contributed by atoms with Gasteiger partial charge < -0.3 is 0 Å². The molecule has 0 N–H and O–H groups in total. The highest BCUT2D eigenvalue weighted by atomic mass is 14.5. The molecule has 5 aromatic rings. The molecule has 0 spiro atoms. The fourth-order valence-corrected chi connectivity index (χ4v) is 5.77. The van der Waals surface area contributed by atoms with Crippen LogP contribution in [0.1, 0.15) is 27.8 Å². The molecule has 0 fully saturated rings. The summed E-state index contributed by atoms with van der Waals surface area (Å²) in [5.41, 5.74) is 11.4. The lowest BCUT2D eigenvalue weighted by atomic mass is 9.67. The quantitative estimate of drug-likeness (QED) is 0.239. The first-order valence-electron chi connectivity index (χ1n) is 11.9. The van der Waals surface area contributed by atoms with Crippen molar-refractivity contribution < 1.29 is 0 Å². The molecule has 0 aliphatic heterocycles. The number of benzene rings is 5. The van der Waals surface area contributed by atoms with Crippen molar-refractivity contribution in [2.45, 2.75) is 11.8 Å². The third kappa shape index (κ3) is 2.99. The number of fused-ring (bicyclic) bond motifs is 3. The Hall–Kier alpha value is -4.16. The highest BCUT2D eigenvalue weighted by Crippen LogP contribution is 2.58. The molecular weight excluding hydrogens is 408 g/mol. The summed E-state index contributed by atoms with van der Waals surface area (Å²) in [5.74, 6) is 0. The molecule has 0 aromatic heterocycles. The minimum atomic E-state index is -0.358. The molecule has 6 rings (SSSR count). The smallest absolute Gasteiger partial charge is 0.0713 e. The van der Waals surface area contributed by atoms with Crippen molar-refractivity contribution in [2.24, 2.45) is 0 Å². The van der Waals surface area contributed by atoms with Gasteiger partial charge in [-0.2, -0.15) is 0 Å². The Morgan fingerprint density at radius 2 is 1.15 bits per heavy atom. The van der Waals surface area contributed by atoms with Crippen LogP contribution in [-0.4, -0.2) is 0 Å². The average Bonchev–Trinajstić information content (AvgIpc) is 3.21. The first-order valence-corrected chi connectivity index (χ1v) is 11.9. The Balaban J connectivity index is 1.73. The number of hydrogen-bond donors (Lipinski definition) is 0. The summed E-state index contributed by atoms with van der Waals surface area (Å²) < 4.78 is 0. The van der Waals surface area contributed by atoms with Crippen LogP contribution in [0.4, 0.5) is 0 Å². The van der Waals surface area contributed by atoms with Crippen LogP contribution in [0.15, 0.2) is 140 Å². The van der Waals surface area contributed by atoms with Gasteiger partial charge in [-0.25, -0.2) is 0 Å². The third-order valence-corrected chi connectivity index (χ3v) is 7.10. The second-order valence-electron chi connectivity index (χ2n) is 8.95. The van der Waals surface area contributed by atoms with Gasteiger partial charge in [0.15, 0.2) is 0 Å². The van der Waals surface area contributed by atoms with Crippen molar-refractivity contribution in [1.82, 2.24) is 0 Å². The summed E-state index contributed by atoms with van der Waals surface area (Å²) in [5, 5.41) is 0. The molecule has 0 radical (unpaired) electrons. The number of allylic oxidation sites excluding steroid dienone is 1. The Bertz CT molecular complexity index is 1440. The van der Waals surface area contributed by atoms with Gasteiger partial charge in [-0.3, -0.25) is 0 Å². The second kappa shape index (κ2) is 8.32. The molecule has 34 heavy (non-hydrogen) atoms. The topological polar surface area (TPSA) is 0 Å².